The number of carbonyl (C=O) groups is 1. The van der Waals surface area contributed by atoms with Gasteiger partial charge in [0.25, 0.3) is 0 Å². The molecule has 0 saturated carbocycles. The molecule has 1 aliphatic heterocycles. The second-order valence-corrected chi connectivity index (χ2v) is 5.96. The lowest BCUT2D eigenvalue weighted by Crippen LogP contribution is -2.53. The third-order valence-electron chi connectivity index (χ3n) is 4.01. The third-order valence-corrected chi connectivity index (χ3v) is 4.01. The van der Waals surface area contributed by atoms with Gasteiger partial charge >= 0.3 is 5.97 Å². The van der Waals surface area contributed by atoms with Crippen LogP contribution in [-0.2, 0) is 9.53 Å². The van der Waals surface area contributed by atoms with Crippen molar-refractivity contribution in [2.24, 2.45) is 0 Å². The fourth-order valence-corrected chi connectivity index (χ4v) is 2.87. The van der Waals surface area contributed by atoms with Crippen LogP contribution in [0.25, 0.3) is 0 Å². The topological polar surface area (TPSA) is 44.8 Å². The molecule has 1 saturated heterocycles. The fourth-order valence-electron chi connectivity index (χ4n) is 2.87. The first-order valence-electron chi connectivity index (χ1n) is 7.78. The quantitative estimate of drug-likeness (QED) is 0.705. The number of hydrogen-bond donors (Lipinski definition) is 1. The van der Waals surface area contributed by atoms with Crippen LogP contribution in [0.2, 0.25) is 0 Å². The number of hydrogen-bond acceptors (Lipinski definition) is 5. The Hall–Kier alpha value is -0.650. The summed E-state index contributed by atoms with van der Waals surface area (Å²) in [4.78, 5) is 16.7. The van der Waals surface area contributed by atoms with E-state index >= 15 is 0 Å². The van der Waals surface area contributed by atoms with Gasteiger partial charge in [-0.1, -0.05) is 20.8 Å². The summed E-state index contributed by atoms with van der Waals surface area (Å²) in [6, 6.07) is 0.692. The molecule has 1 heterocycles. The second kappa shape index (κ2) is 8.60. The van der Waals surface area contributed by atoms with Crippen LogP contribution in [0.5, 0.6) is 0 Å². The van der Waals surface area contributed by atoms with E-state index in [4.69, 9.17) is 4.74 Å². The zero-order chi connectivity index (χ0) is 15.1. The molecule has 0 bridgehead atoms. The Morgan fingerprint density at radius 2 is 2.10 bits per heavy atom. The third kappa shape index (κ3) is 5.38. The molecule has 1 rings (SSSR count). The molecule has 0 radical (unpaired) electrons. The molecule has 0 aromatic rings. The van der Waals surface area contributed by atoms with Gasteiger partial charge in [-0.05, 0) is 19.9 Å². The Morgan fingerprint density at radius 3 is 2.60 bits per heavy atom. The van der Waals surface area contributed by atoms with Crippen LogP contribution in [0, 0.1) is 0 Å². The molecule has 20 heavy (non-hydrogen) atoms. The molecule has 5 heteroatoms. The summed E-state index contributed by atoms with van der Waals surface area (Å²) in [5, 5.41) is 3.29. The van der Waals surface area contributed by atoms with Crippen molar-refractivity contribution in [3.05, 3.63) is 0 Å². The van der Waals surface area contributed by atoms with Crippen molar-refractivity contribution in [3.63, 3.8) is 0 Å². The molecule has 1 aliphatic rings. The molecule has 0 amide bonds. The number of ether oxygens (including phenoxy) is 1. The van der Waals surface area contributed by atoms with E-state index in [9.17, 15) is 4.79 Å². The predicted octanol–water partition coefficient (Wildman–Crippen LogP) is 0.942. The highest BCUT2D eigenvalue weighted by Crippen LogP contribution is 2.10. The summed E-state index contributed by atoms with van der Waals surface area (Å²) in [6.45, 7) is 14.0. The summed E-state index contributed by atoms with van der Waals surface area (Å²) in [5.41, 5.74) is 0. The Morgan fingerprint density at radius 1 is 1.40 bits per heavy atom. The van der Waals surface area contributed by atoms with Gasteiger partial charge in [0.2, 0.25) is 0 Å². The summed E-state index contributed by atoms with van der Waals surface area (Å²) in [6.07, 6.45) is 0.809. The maximum Gasteiger partial charge on any atom is 0.322 e. The zero-order valence-electron chi connectivity index (χ0n) is 13.7. The monoisotopic (exact) mass is 285 g/mol. The van der Waals surface area contributed by atoms with E-state index in [0.29, 0.717) is 6.04 Å². The molecular formula is C15H31N3O2. The normalized spacial score (nSPS) is 23.0. The summed E-state index contributed by atoms with van der Waals surface area (Å²) in [7, 11) is 1.46. The Kier molecular flexibility index (Phi) is 7.48. The molecule has 118 valence electrons. The smallest absolute Gasteiger partial charge is 0.322 e. The largest absolute Gasteiger partial charge is 0.468 e. The van der Waals surface area contributed by atoms with Gasteiger partial charge in [-0.25, -0.2) is 0 Å². The highest BCUT2D eigenvalue weighted by atomic mass is 16.5. The van der Waals surface area contributed by atoms with Crippen molar-refractivity contribution >= 4 is 5.97 Å². The minimum absolute atomic E-state index is 0.154. The molecule has 1 N–H and O–H groups in total. The van der Waals surface area contributed by atoms with E-state index in [2.05, 4.69) is 42.8 Å². The van der Waals surface area contributed by atoms with Gasteiger partial charge in [0.1, 0.15) is 6.04 Å². The number of esters is 1. The first-order valence-corrected chi connectivity index (χ1v) is 7.78. The van der Waals surface area contributed by atoms with E-state index in [-0.39, 0.29) is 18.1 Å². The van der Waals surface area contributed by atoms with E-state index in [1.807, 2.05) is 0 Å². The van der Waals surface area contributed by atoms with Gasteiger partial charge in [-0.3, -0.25) is 9.69 Å². The van der Waals surface area contributed by atoms with Crippen LogP contribution in [0.4, 0.5) is 0 Å². The Balaban J connectivity index is 2.41. The number of rotatable bonds is 7. The van der Waals surface area contributed by atoms with Gasteiger partial charge in [0.05, 0.1) is 7.11 Å². The number of methoxy groups -OCH3 is 1. The molecule has 1 fully saturated rings. The Labute approximate surface area is 123 Å². The summed E-state index contributed by atoms with van der Waals surface area (Å²) in [5.74, 6) is -0.154. The highest BCUT2D eigenvalue weighted by Gasteiger charge is 2.25. The maximum absolute atomic E-state index is 11.8. The molecule has 5 nitrogen and oxygen atoms in total. The minimum Gasteiger partial charge on any atom is -0.468 e. The van der Waals surface area contributed by atoms with Crippen LogP contribution in [-0.4, -0.2) is 73.7 Å². The fraction of sp³-hybridized carbons (Fsp3) is 0.933. The predicted molar refractivity (Wildman–Crippen MR) is 81.8 cm³/mol. The summed E-state index contributed by atoms with van der Waals surface area (Å²) < 4.78 is 4.88. The van der Waals surface area contributed by atoms with Crippen molar-refractivity contribution in [3.8, 4) is 0 Å². The van der Waals surface area contributed by atoms with E-state index < -0.39 is 0 Å². The van der Waals surface area contributed by atoms with Crippen LogP contribution >= 0.6 is 0 Å². The highest BCUT2D eigenvalue weighted by molar-refractivity contribution is 5.75. The molecule has 0 aromatic carbocycles. The van der Waals surface area contributed by atoms with Gasteiger partial charge in [-0.2, -0.15) is 0 Å². The number of piperazine rings is 1. The van der Waals surface area contributed by atoms with Crippen LogP contribution in [0.15, 0.2) is 0 Å². The lowest BCUT2D eigenvalue weighted by atomic mass is 10.1. The van der Waals surface area contributed by atoms with E-state index in [0.717, 1.165) is 39.1 Å². The first-order chi connectivity index (χ1) is 9.47. The van der Waals surface area contributed by atoms with Crippen molar-refractivity contribution < 1.29 is 9.53 Å². The standard InChI is InChI=1S/C15H31N3O2/c1-6-18-10-9-17(11-13(18)4)8-7-14(15(19)20-5)16-12(2)3/h12-14,16H,6-11H2,1-5H3. The number of carbonyl (C=O) groups excluding carboxylic acids is 1. The maximum atomic E-state index is 11.8. The average Bonchev–Trinajstić information content (AvgIpc) is 2.42. The summed E-state index contributed by atoms with van der Waals surface area (Å²) >= 11 is 0. The van der Waals surface area contributed by atoms with E-state index in [1.165, 1.54) is 7.11 Å². The van der Waals surface area contributed by atoms with Gasteiger partial charge in [-0.15, -0.1) is 0 Å². The Bertz CT molecular complexity index is 297. The number of likely N-dealkylation sites (N-methyl/N-ethyl adjacent to an activating group) is 1. The van der Waals surface area contributed by atoms with Crippen molar-refractivity contribution in [2.75, 3.05) is 39.8 Å². The molecule has 0 aromatic heterocycles. The lowest BCUT2D eigenvalue weighted by molar-refractivity contribution is -0.143. The van der Waals surface area contributed by atoms with Crippen LogP contribution in [0.3, 0.4) is 0 Å². The van der Waals surface area contributed by atoms with Gasteiger partial charge in [0, 0.05) is 38.3 Å². The first kappa shape index (κ1) is 17.4. The van der Waals surface area contributed by atoms with Crippen LogP contribution < -0.4 is 5.32 Å². The van der Waals surface area contributed by atoms with Crippen molar-refractivity contribution in [1.82, 2.24) is 15.1 Å². The minimum atomic E-state index is -0.195. The molecular weight excluding hydrogens is 254 g/mol. The number of nitrogens with one attached hydrogen (secondary N) is 1. The lowest BCUT2D eigenvalue weighted by Gasteiger charge is -2.39. The van der Waals surface area contributed by atoms with Crippen LogP contribution in [0.1, 0.15) is 34.1 Å². The average molecular weight is 285 g/mol. The SMILES string of the molecule is CCN1CCN(CCC(NC(C)C)C(=O)OC)CC1C. The molecule has 2 unspecified atom stereocenters. The number of nitrogens with zero attached hydrogens (tertiary/aromatic N) is 2. The van der Waals surface area contributed by atoms with Gasteiger partial charge in [0.15, 0.2) is 0 Å². The molecule has 2 atom stereocenters. The molecule has 0 aliphatic carbocycles. The second-order valence-electron chi connectivity index (χ2n) is 5.96. The van der Waals surface area contributed by atoms with Crippen molar-refractivity contribution in [1.29, 1.82) is 0 Å². The van der Waals surface area contributed by atoms with Crippen molar-refractivity contribution in [2.45, 2.75) is 52.2 Å². The van der Waals surface area contributed by atoms with Gasteiger partial charge < -0.3 is 15.0 Å². The molecule has 0 spiro atoms. The zero-order valence-corrected chi connectivity index (χ0v) is 13.7. The van der Waals surface area contributed by atoms with E-state index in [1.54, 1.807) is 0 Å².